The highest BCUT2D eigenvalue weighted by molar-refractivity contribution is 7.91. The Morgan fingerprint density at radius 1 is 1.21 bits per heavy atom. The van der Waals surface area contributed by atoms with Gasteiger partial charge in [0, 0.05) is 12.4 Å². The van der Waals surface area contributed by atoms with Crippen LogP contribution in [0.1, 0.15) is 16.1 Å². The third kappa shape index (κ3) is 4.21. The standard InChI is InChI=1S/C21H19N5O6S/c1-13-18-19(17(20(27)24-28)11-23-21(18)32-25-13)26(14-4-3-9-22-10-14)12-33(29,30)16-7-5-15(31-2)6-8-16/h3-11,28H,12H2,1-2H3,(H,24,27). The molecule has 0 aliphatic carbocycles. The fraction of sp³-hybridized carbons (Fsp3) is 0.143. The Hall–Kier alpha value is -4.03. The molecule has 33 heavy (non-hydrogen) atoms. The number of rotatable bonds is 7. The van der Waals surface area contributed by atoms with Gasteiger partial charge in [0.15, 0.2) is 9.84 Å². The highest BCUT2D eigenvalue weighted by atomic mass is 32.2. The Kier molecular flexibility index (Phi) is 5.94. The predicted octanol–water partition coefficient (Wildman–Crippen LogP) is 2.62. The highest BCUT2D eigenvalue weighted by Crippen LogP contribution is 2.37. The second-order valence-corrected chi connectivity index (χ2v) is 8.93. The van der Waals surface area contributed by atoms with Gasteiger partial charge in [0.2, 0.25) is 0 Å². The van der Waals surface area contributed by atoms with Gasteiger partial charge in [0.25, 0.3) is 11.6 Å². The molecule has 0 fully saturated rings. The molecule has 2 N–H and O–H groups in total. The van der Waals surface area contributed by atoms with Gasteiger partial charge in [-0.2, -0.15) is 0 Å². The Bertz CT molecular complexity index is 1400. The molecule has 0 spiro atoms. The molecule has 0 aliphatic rings. The number of nitrogens with zero attached hydrogens (tertiary/aromatic N) is 4. The van der Waals surface area contributed by atoms with E-state index in [9.17, 15) is 18.4 Å². The van der Waals surface area contributed by atoms with Gasteiger partial charge in [-0.1, -0.05) is 5.16 Å². The molecule has 0 saturated heterocycles. The van der Waals surface area contributed by atoms with Crippen LogP contribution >= 0.6 is 0 Å². The summed E-state index contributed by atoms with van der Waals surface area (Å²) in [6, 6.07) is 9.23. The number of fused-ring (bicyclic) bond motifs is 1. The first kappa shape index (κ1) is 22.2. The van der Waals surface area contributed by atoms with E-state index < -0.39 is 21.6 Å². The molecule has 4 aromatic rings. The molecule has 170 valence electrons. The maximum atomic E-state index is 13.4. The number of anilines is 2. The van der Waals surface area contributed by atoms with Gasteiger partial charge in [-0.15, -0.1) is 0 Å². The summed E-state index contributed by atoms with van der Waals surface area (Å²) >= 11 is 0. The molecule has 12 heteroatoms. The van der Waals surface area contributed by atoms with E-state index in [-0.39, 0.29) is 21.9 Å². The third-order valence-electron chi connectivity index (χ3n) is 4.94. The van der Waals surface area contributed by atoms with Crippen LogP contribution in [0, 0.1) is 6.92 Å². The molecule has 0 unspecified atom stereocenters. The minimum atomic E-state index is -3.92. The Morgan fingerprint density at radius 2 is 1.97 bits per heavy atom. The first-order valence-corrected chi connectivity index (χ1v) is 11.2. The number of hydrogen-bond donors (Lipinski definition) is 2. The van der Waals surface area contributed by atoms with Gasteiger partial charge < -0.3 is 14.2 Å². The summed E-state index contributed by atoms with van der Waals surface area (Å²) in [6.07, 6.45) is 4.17. The van der Waals surface area contributed by atoms with Crippen LogP contribution < -0.4 is 15.1 Å². The van der Waals surface area contributed by atoms with Crippen molar-refractivity contribution in [3.05, 3.63) is 66.2 Å². The van der Waals surface area contributed by atoms with Crippen LogP contribution in [-0.4, -0.2) is 47.6 Å². The minimum Gasteiger partial charge on any atom is -0.497 e. The minimum absolute atomic E-state index is 0.0534. The van der Waals surface area contributed by atoms with E-state index in [0.717, 1.165) is 0 Å². The molecule has 1 aromatic carbocycles. The Morgan fingerprint density at radius 3 is 2.61 bits per heavy atom. The number of aromatic nitrogens is 3. The quantitative estimate of drug-likeness (QED) is 0.306. The molecule has 0 radical (unpaired) electrons. The average Bonchev–Trinajstić information content (AvgIpc) is 3.23. The molecule has 3 heterocycles. The lowest BCUT2D eigenvalue weighted by molar-refractivity contribution is 0.0706. The van der Waals surface area contributed by atoms with Crippen molar-refractivity contribution in [2.75, 3.05) is 17.9 Å². The number of carbonyl (C=O) groups excluding carboxylic acids is 1. The van der Waals surface area contributed by atoms with Crippen molar-refractivity contribution >= 4 is 38.2 Å². The lowest BCUT2D eigenvalue weighted by Crippen LogP contribution is -2.29. The summed E-state index contributed by atoms with van der Waals surface area (Å²) in [5.41, 5.74) is 2.52. The van der Waals surface area contributed by atoms with Crippen molar-refractivity contribution in [3.8, 4) is 5.75 Å². The monoisotopic (exact) mass is 469 g/mol. The van der Waals surface area contributed by atoms with Gasteiger partial charge in [-0.05, 0) is 43.3 Å². The number of aryl methyl sites for hydroxylation is 1. The van der Waals surface area contributed by atoms with E-state index in [0.29, 0.717) is 22.5 Å². The van der Waals surface area contributed by atoms with Crippen LogP contribution in [0.5, 0.6) is 5.75 Å². The van der Waals surface area contributed by atoms with Crippen molar-refractivity contribution in [3.63, 3.8) is 0 Å². The maximum Gasteiger partial charge on any atom is 0.278 e. The molecule has 0 saturated carbocycles. The summed E-state index contributed by atoms with van der Waals surface area (Å²) in [6.45, 7) is 1.64. The third-order valence-corrected chi connectivity index (χ3v) is 6.53. The predicted molar refractivity (Wildman–Crippen MR) is 117 cm³/mol. The van der Waals surface area contributed by atoms with Gasteiger partial charge in [0.1, 0.15) is 11.6 Å². The molecule has 1 amide bonds. The zero-order valence-electron chi connectivity index (χ0n) is 17.6. The van der Waals surface area contributed by atoms with E-state index in [1.807, 2.05) is 0 Å². The zero-order valence-corrected chi connectivity index (χ0v) is 18.4. The number of benzene rings is 1. The number of ether oxygens (including phenoxy) is 1. The average molecular weight is 469 g/mol. The fourth-order valence-electron chi connectivity index (χ4n) is 3.35. The number of hydroxylamine groups is 1. The second kappa shape index (κ2) is 8.84. The van der Waals surface area contributed by atoms with E-state index in [1.54, 1.807) is 36.7 Å². The SMILES string of the molecule is COc1ccc(S(=O)(=O)CN(c2cccnc2)c2c(C(=O)NO)cnc3onc(C)c23)cc1. The van der Waals surface area contributed by atoms with Crippen LogP contribution in [0.3, 0.4) is 0 Å². The second-order valence-electron chi connectivity index (χ2n) is 6.97. The van der Waals surface area contributed by atoms with Gasteiger partial charge in [0.05, 0.1) is 46.2 Å². The molecule has 0 bridgehead atoms. The molecular formula is C21H19N5O6S. The molecule has 3 aromatic heterocycles. The Balaban J connectivity index is 1.94. The summed E-state index contributed by atoms with van der Waals surface area (Å²) in [4.78, 5) is 22.1. The van der Waals surface area contributed by atoms with Gasteiger partial charge in [-0.3, -0.25) is 15.0 Å². The number of carbonyl (C=O) groups is 1. The highest BCUT2D eigenvalue weighted by Gasteiger charge is 2.29. The first-order chi connectivity index (χ1) is 15.9. The topological polar surface area (TPSA) is 148 Å². The molecule has 0 aliphatic heterocycles. The van der Waals surface area contributed by atoms with Crippen LogP contribution in [0.15, 0.2) is 64.4 Å². The number of nitrogens with one attached hydrogen (secondary N) is 1. The Labute approximate surface area is 188 Å². The number of methoxy groups -OCH3 is 1. The van der Waals surface area contributed by atoms with E-state index >= 15 is 0 Å². The lowest BCUT2D eigenvalue weighted by atomic mass is 10.1. The number of pyridine rings is 2. The summed E-state index contributed by atoms with van der Waals surface area (Å²) in [5, 5.41) is 13.5. The summed E-state index contributed by atoms with van der Waals surface area (Å²) in [5.74, 6) is -0.924. The number of sulfone groups is 1. The molecule has 4 rings (SSSR count). The normalized spacial score (nSPS) is 11.4. The zero-order chi connectivity index (χ0) is 23.6. The van der Waals surface area contributed by atoms with Crippen molar-refractivity contribution in [2.45, 2.75) is 11.8 Å². The molecule has 0 atom stereocenters. The molecular weight excluding hydrogens is 450 g/mol. The largest absolute Gasteiger partial charge is 0.497 e. The van der Waals surface area contributed by atoms with E-state index in [2.05, 4.69) is 15.1 Å². The fourth-order valence-corrected chi connectivity index (χ4v) is 4.67. The van der Waals surface area contributed by atoms with E-state index in [1.165, 1.54) is 42.7 Å². The smallest absolute Gasteiger partial charge is 0.278 e. The van der Waals surface area contributed by atoms with Crippen LogP contribution in [0.2, 0.25) is 0 Å². The van der Waals surface area contributed by atoms with Crippen molar-refractivity contribution in [1.29, 1.82) is 0 Å². The number of hydrogen-bond acceptors (Lipinski definition) is 10. The van der Waals surface area contributed by atoms with Gasteiger partial charge in [-0.25, -0.2) is 18.9 Å². The van der Waals surface area contributed by atoms with E-state index in [4.69, 9.17) is 9.26 Å². The van der Waals surface area contributed by atoms with Crippen molar-refractivity contribution in [2.24, 2.45) is 0 Å². The first-order valence-electron chi connectivity index (χ1n) is 9.59. The van der Waals surface area contributed by atoms with Crippen LogP contribution in [0.4, 0.5) is 11.4 Å². The number of amides is 1. The lowest BCUT2D eigenvalue weighted by Gasteiger charge is -2.26. The summed E-state index contributed by atoms with van der Waals surface area (Å²) in [7, 11) is -2.43. The molecule has 11 nitrogen and oxygen atoms in total. The van der Waals surface area contributed by atoms with Crippen molar-refractivity contribution < 1.29 is 27.7 Å². The van der Waals surface area contributed by atoms with Crippen LogP contribution in [-0.2, 0) is 9.84 Å². The summed E-state index contributed by atoms with van der Waals surface area (Å²) < 4.78 is 37.1. The van der Waals surface area contributed by atoms with Gasteiger partial charge >= 0.3 is 0 Å². The maximum absolute atomic E-state index is 13.4. The van der Waals surface area contributed by atoms with Crippen LogP contribution in [0.25, 0.3) is 11.1 Å². The van der Waals surface area contributed by atoms with Crippen molar-refractivity contribution in [1.82, 2.24) is 20.6 Å².